The van der Waals surface area contributed by atoms with E-state index in [4.69, 9.17) is 0 Å². The minimum atomic E-state index is -2.14. The van der Waals surface area contributed by atoms with Crippen LogP contribution in [0.25, 0.3) is 0 Å². The third-order valence-electron chi connectivity index (χ3n) is 0.695. The summed E-state index contributed by atoms with van der Waals surface area (Å²) in [6.45, 7) is 4.05. The number of hydrogen-bond donors (Lipinski definition) is 0. The molecule has 0 atom stereocenters. The van der Waals surface area contributed by atoms with E-state index >= 15 is 0 Å². The Morgan fingerprint density at radius 3 is 2.11 bits per heavy atom. The lowest BCUT2D eigenvalue weighted by Gasteiger charge is -2.02. The minimum absolute atomic E-state index is 0.0157. The molecule has 9 heavy (non-hydrogen) atoms. The molecule has 0 rings (SSSR count). The van der Waals surface area contributed by atoms with Gasteiger partial charge in [-0.15, -0.1) is 0 Å². The first-order valence-electron chi connectivity index (χ1n) is 2.98. The Hall–Kier alpha value is 0.210. The molecule has 0 unspecified atom stereocenters. The number of thioether (sulfide) groups is 1. The van der Waals surface area contributed by atoms with Gasteiger partial charge >= 0.3 is 0 Å². The van der Waals surface area contributed by atoms with Crippen LogP contribution in [0.1, 0.15) is 13.8 Å². The lowest BCUT2D eigenvalue weighted by Crippen LogP contribution is -1.98. The van der Waals surface area contributed by atoms with Crippen LogP contribution in [0.3, 0.4) is 0 Å². The van der Waals surface area contributed by atoms with Gasteiger partial charge in [0.05, 0.1) is 5.75 Å². The molecule has 3 heteroatoms. The van der Waals surface area contributed by atoms with E-state index in [2.05, 4.69) is 0 Å². The van der Waals surface area contributed by atoms with Crippen molar-refractivity contribution < 1.29 is 8.78 Å². The van der Waals surface area contributed by atoms with Crippen molar-refractivity contribution >= 4 is 11.8 Å². The van der Waals surface area contributed by atoms with Crippen LogP contribution < -0.4 is 0 Å². The van der Waals surface area contributed by atoms with Crippen molar-refractivity contribution in [1.29, 1.82) is 0 Å². The highest BCUT2D eigenvalue weighted by atomic mass is 32.2. The Morgan fingerprint density at radius 1 is 1.22 bits per heavy atom. The van der Waals surface area contributed by atoms with Gasteiger partial charge in [0.1, 0.15) is 0 Å². The second kappa shape index (κ2) is 5.03. The average Bonchev–Trinajstić information content (AvgIpc) is 1.63. The lowest BCUT2D eigenvalue weighted by atomic mass is 10.3. The molecule has 0 aliphatic heterocycles. The summed E-state index contributed by atoms with van der Waals surface area (Å²) in [5.74, 6) is 1.34. The predicted molar refractivity (Wildman–Crippen MR) is 38.2 cm³/mol. The summed E-state index contributed by atoms with van der Waals surface area (Å²) in [5, 5.41) is 0. The van der Waals surface area contributed by atoms with E-state index in [0.717, 1.165) is 5.75 Å². The van der Waals surface area contributed by atoms with E-state index in [1.165, 1.54) is 11.8 Å². The molecular formula is C6H12F2S. The SMILES string of the molecule is CC(C)CSCC(F)F. The summed E-state index contributed by atoms with van der Waals surface area (Å²) in [6.07, 6.45) is -2.14. The first kappa shape index (κ1) is 9.21. The zero-order valence-corrected chi connectivity index (χ0v) is 6.55. The van der Waals surface area contributed by atoms with Gasteiger partial charge in [-0.3, -0.25) is 0 Å². The molecule has 0 radical (unpaired) electrons. The zero-order chi connectivity index (χ0) is 7.28. The van der Waals surface area contributed by atoms with Gasteiger partial charge in [-0.1, -0.05) is 13.8 Å². The molecule has 0 aromatic carbocycles. The van der Waals surface area contributed by atoms with Crippen molar-refractivity contribution in [3.05, 3.63) is 0 Å². The number of alkyl halides is 2. The fourth-order valence-corrected chi connectivity index (χ4v) is 1.18. The van der Waals surface area contributed by atoms with Gasteiger partial charge in [0.2, 0.25) is 6.43 Å². The summed E-state index contributed by atoms with van der Waals surface area (Å²) in [6, 6.07) is 0. The van der Waals surface area contributed by atoms with Crippen LogP contribution in [0.4, 0.5) is 8.78 Å². The maximum atomic E-state index is 11.5. The maximum Gasteiger partial charge on any atom is 0.247 e. The van der Waals surface area contributed by atoms with Crippen LogP contribution in [0.5, 0.6) is 0 Å². The number of rotatable bonds is 4. The molecule has 0 N–H and O–H groups in total. The van der Waals surface area contributed by atoms with Gasteiger partial charge in [0.15, 0.2) is 0 Å². The van der Waals surface area contributed by atoms with Crippen LogP contribution in [0, 0.1) is 5.92 Å². The first-order valence-corrected chi connectivity index (χ1v) is 4.14. The van der Waals surface area contributed by atoms with Crippen molar-refractivity contribution in [2.24, 2.45) is 5.92 Å². The van der Waals surface area contributed by atoms with Gasteiger partial charge in [-0.2, -0.15) is 11.8 Å². The summed E-state index contributed by atoms with van der Waals surface area (Å²) in [5.41, 5.74) is 0. The van der Waals surface area contributed by atoms with Crippen molar-refractivity contribution in [2.45, 2.75) is 20.3 Å². The monoisotopic (exact) mass is 154 g/mol. The summed E-state index contributed by atoms with van der Waals surface area (Å²) in [4.78, 5) is 0. The summed E-state index contributed by atoms with van der Waals surface area (Å²) < 4.78 is 22.9. The number of hydrogen-bond acceptors (Lipinski definition) is 1. The molecule has 0 amide bonds. The predicted octanol–water partition coefficient (Wildman–Crippen LogP) is 2.64. The zero-order valence-electron chi connectivity index (χ0n) is 5.73. The third-order valence-corrected chi connectivity index (χ3v) is 2.09. The highest BCUT2D eigenvalue weighted by Crippen LogP contribution is 2.10. The normalized spacial score (nSPS) is 11.3. The Kier molecular flexibility index (Phi) is 5.15. The molecular weight excluding hydrogens is 142 g/mol. The molecule has 0 saturated carbocycles. The third kappa shape index (κ3) is 8.21. The van der Waals surface area contributed by atoms with Gasteiger partial charge in [0, 0.05) is 0 Å². The molecule has 0 aliphatic carbocycles. The Morgan fingerprint density at radius 2 is 1.78 bits per heavy atom. The molecule has 0 fully saturated rings. The first-order chi connectivity index (χ1) is 4.13. The van der Waals surface area contributed by atoms with Gasteiger partial charge in [-0.25, -0.2) is 8.78 Å². The fourth-order valence-electron chi connectivity index (χ4n) is 0.393. The largest absolute Gasteiger partial charge is 0.247 e. The van der Waals surface area contributed by atoms with E-state index in [1.54, 1.807) is 0 Å². The van der Waals surface area contributed by atoms with E-state index in [1.807, 2.05) is 13.8 Å². The molecule has 0 saturated heterocycles. The van der Waals surface area contributed by atoms with Crippen LogP contribution in [0.2, 0.25) is 0 Å². The lowest BCUT2D eigenvalue weighted by molar-refractivity contribution is 0.177. The Labute approximate surface area is 59.0 Å². The quantitative estimate of drug-likeness (QED) is 0.600. The van der Waals surface area contributed by atoms with E-state index in [0.29, 0.717) is 5.92 Å². The van der Waals surface area contributed by atoms with Gasteiger partial charge < -0.3 is 0 Å². The summed E-state index contributed by atoms with van der Waals surface area (Å²) >= 11 is 1.32. The second-order valence-electron chi connectivity index (χ2n) is 2.32. The van der Waals surface area contributed by atoms with Crippen molar-refractivity contribution in [2.75, 3.05) is 11.5 Å². The maximum absolute atomic E-state index is 11.5. The highest BCUT2D eigenvalue weighted by Gasteiger charge is 2.02. The minimum Gasteiger partial charge on any atom is -0.210 e. The molecule has 0 spiro atoms. The van der Waals surface area contributed by atoms with Crippen molar-refractivity contribution in [3.63, 3.8) is 0 Å². The van der Waals surface area contributed by atoms with Crippen LogP contribution >= 0.6 is 11.8 Å². The Bertz CT molecular complexity index is 56.1. The van der Waals surface area contributed by atoms with Crippen LogP contribution in [-0.4, -0.2) is 17.9 Å². The highest BCUT2D eigenvalue weighted by molar-refractivity contribution is 7.99. The van der Waals surface area contributed by atoms with Gasteiger partial charge in [-0.05, 0) is 11.7 Å². The van der Waals surface area contributed by atoms with E-state index < -0.39 is 6.43 Å². The van der Waals surface area contributed by atoms with E-state index in [-0.39, 0.29) is 5.75 Å². The van der Waals surface area contributed by atoms with Crippen LogP contribution in [-0.2, 0) is 0 Å². The fraction of sp³-hybridized carbons (Fsp3) is 1.00. The van der Waals surface area contributed by atoms with Crippen LogP contribution in [0.15, 0.2) is 0 Å². The standard InChI is InChI=1S/C6H12F2S/c1-5(2)3-9-4-6(7)8/h5-6H,3-4H2,1-2H3. The average molecular weight is 154 g/mol. The summed E-state index contributed by atoms with van der Waals surface area (Å²) in [7, 11) is 0. The van der Waals surface area contributed by atoms with E-state index in [9.17, 15) is 8.78 Å². The van der Waals surface area contributed by atoms with Gasteiger partial charge in [0.25, 0.3) is 0 Å². The molecule has 0 aromatic rings. The molecule has 0 heterocycles. The Balaban J connectivity index is 2.91. The second-order valence-corrected chi connectivity index (χ2v) is 3.40. The van der Waals surface area contributed by atoms with Crippen molar-refractivity contribution in [1.82, 2.24) is 0 Å². The molecule has 0 nitrogen and oxygen atoms in total. The topological polar surface area (TPSA) is 0 Å². The molecule has 0 aliphatic rings. The number of halogens is 2. The molecule has 0 aromatic heterocycles. The molecule has 0 bridgehead atoms. The van der Waals surface area contributed by atoms with Crippen molar-refractivity contribution in [3.8, 4) is 0 Å². The molecule has 56 valence electrons. The smallest absolute Gasteiger partial charge is 0.210 e.